The summed E-state index contributed by atoms with van der Waals surface area (Å²) in [5, 5.41) is 0. The fourth-order valence-electron chi connectivity index (χ4n) is 4.64. The van der Waals surface area contributed by atoms with Crippen molar-refractivity contribution >= 4 is 27.8 Å². The van der Waals surface area contributed by atoms with Crippen LogP contribution < -0.4 is 13.8 Å². The van der Waals surface area contributed by atoms with Crippen LogP contribution in [0, 0.1) is 6.92 Å². The topological polar surface area (TPSA) is 95.0 Å². The number of methoxy groups -OCH3 is 1. The minimum atomic E-state index is -4.05. The number of sulfonamides is 1. The van der Waals surface area contributed by atoms with Gasteiger partial charge in [-0.1, -0.05) is 24.1 Å². The SMILES string of the molecule is CCOc1ncc(C)cc1S(=O)(=O)N1C[C@H](CCC(=O)OC)Oc2ccc(C=C3CCCCC3)cc21. The van der Waals surface area contributed by atoms with E-state index in [1.165, 1.54) is 36.3 Å². The molecule has 36 heavy (non-hydrogen) atoms. The van der Waals surface area contributed by atoms with Gasteiger partial charge >= 0.3 is 5.97 Å². The minimum Gasteiger partial charge on any atom is -0.486 e. The van der Waals surface area contributed by atoms with Crippen LogP contribution in [0.1, 0.15) is 63.0 Å². The molecule has 8 nitrogen and oxygen atoms in total. The normalized spacial score (nSPS) is 17.7. The lowest BCUT2D eigenvalue weighted by atomic mass is 9.93. The summed E-state index contributed by atoms with van der Waals surface area (Å²) in [6, 6.07) is 7.22. The molecular formula is C27H34N2O6S. The van der Waals surface area contributed by atoms with Gasteiger partial charge in [0.05, 0.1) is 25.9 Å². The number of hydrogen-bond donors (Lipinski definition) is 0. The van der Waals surface area contributed by atoms with Gasteiger partial charge in [0.2, 0.25) is 5.88 Å². The Morgan fingerprint density at radius 1 is 1.22 bits per heavy atom. The molecule has 2 aliphatic rings. The van der Waals surface area contributed by atoms with E-state index >= 15 is 0 Å². The summed E-state index contributed by atoms with van der Waals surface area (Å²) < 4.78 is 46.0. The summed E-state index contributed by atoms with van der Waals surface area (Å²) in [6.07, 6.45) is 9.45. The fourth-order valence-corrected chi connectivity index (χ4v) is 6.31. The van der Waals surface area contributed by atoms with E-state index in [0.29, 0.717) is 23.4 Å². The van der Waals surface area contributed by atoms with Crippen molar-refractivity contribution in [1.82, 2.24) is 4.98 Å². The number of carbonyl (C=O) groups excluding carboxylic acids is 1. The molecule has 0 bridgehead atoms. The molecule has 1 aromatic heterocycles. The lowest BCUT2D eigenvalue weighted by Crippen LogP contribution is -2.44. The third-order valence-corrected chi connectivity index (χ3v) is 8.26. The van der Waals surface area contributed by atoms with Crippen molar-refractivity contribution in [2.24, 2.45) is 0 Å². The van der Waals surface area contributed by atoms with E-state index in [1.54, 1.807) is 26.1 Å². The molecule has 1 aliphatic carbocycles. The average Bonchev–Trinajstić information content (AvgIpc) is 2.88. The first-order chi connectivity index (χ1) is 17.3. The first-order valence-corrected chi connectivity index (χ1v) is 13.9. The van der Waals surface area contributed by atoms with Crippen molar-refractivity contribution in [3.05, 3.63) is 47.2 Å². The van der Waals surface area contributed by atoms with Crippen molar-refractivity contribution in [2.45, 2.75) is 69.8 Å². The van der Waals surface area contributed by atoms with Crippen molar-refractivity contribution < 1.29 is 27.4 Å². The Morgan fingerprint density at radius 2 is 2.00 bits per heavy atom. The third-order valence-electron chi connectivity index (χ3n) is 6.48. The number of esters is 1. The van der Waals surface area contributed by atoms with E-state index in [2.05, 4.69) is 11.1 Å². The molecular weight excluding hydrogens is 480 g/mol. The lowest BCUT2D eigenvalue weighted by molar-refractivity contribution is -0.141. The Hall–Kier alpha value is -3.07. The molecule has 1 aliphatic heterocycles. The summed E-state index contributed by atoms with van der Waals surface area (Å²) in [5.41, 5.74) is 3.50. The number of fused-ring (bicyclic) bond motifs is 1. The smallest absolute Gasteiger partial charge is 0.305 e. The Morgan fingerprint density at radius 3 is 2.72 bits per heavy atom. The molecule has 1 fully saturated rings. The van der Waals surface area contributed by atoms with Gasteiger partial charge in [0.1, 0.15) is 16.7 Å². The molecule has 2 aromatic rings. The van der Waals surface area contributed by atoms with Crippen LogP contribution in [0.3, 0.4) is 0 Å². The molecule has 2 heterocycles. The Balaban J connectivity index is 1.76. The van der Waals surface area contributed by atoms with E-state index in [4.69, 9.17) is 14.2 Å². The standard InChI is InChI=1S/C27H34N2O6S/c1-4-34-27-25(14-19(2)17-28-27)36(31,32)29-18-22(11-13-26(30)33-3)35-24-12-10-21(16-23(24)29)15-20-8-6-5-7-9-20/h10,12,14-17,22H,4-9,11,13,18H2,1-3H3/t22-/m0/s1. The summed E-state index contributed by atoms with van der Waals surface area (Å²) in [5.74, 6) is 0.168. The van der Waals surface area contributed by atoms with E-state index in [9.17, 15) is 13.2 Å². The number of hydrogen-bond acceptors (Lipinski definition) is 7. The van der Waals surface area contributed by atoms with Gasteiger partial charge in [0, 0.05) is 12.6 Å². The number of aromatic nitrogens is 1. The van der Waals surface area contributed by atoms with Crippen LogP contribution in [-0.2, 0) is 19.6 Å². The number of allylic oxidation sites excluding steroid dienone is 1. The zero-order valence-electron chi connectivity index (χ0n) is 21.2. The number of ether oxygens (including phenoxy) is 3. The first-order valence-electron chi connectivity index (χ1n) is 12.5. The third kappa shape index (κ3) is 5.83. The predicted octanol–water partition coefficient (Wildman–Crippen LogP) is 5.05. The van der Waals surface area contributed by atoms with Crippen LogP contribution in [-0.4, -0.2) is 45.7 Å². The molecule has 1 saturated carbocycles. The Labute approximate surface area is 213 Å². The van der Waals surface area contributed by atoms with Gasteiger partial charge in [-0.2, -0.15) is 0 Å². The fraction of sp³-hybridized carbons (Fsp3) is 0.481. The number of benzene rings is 1. The van der Waals surface area contributed by atoms with Gasteiger partial charge in [-0.15, -0.1) is 0 Å². The summed E-state index contributed by atoms with van der Waals surface area (Å²) in [4.78, 5) is 16.0. The van der Waals surface area contributed by atoms with Crippen LogP contribution in [0.2, 0.25) is 0 Å². The average molecular weight is 515 g/mol. The summed E-state index contributed by atoms with van der Waals surface area (Å²) in [7, 11) is -2.72. The quantitative estimate of drug-likeness (QED) is 0.455. The first kappa shape index (κ1) is 26.0. The number of nitrogens with zero attached hydrogens (tertiary/aromatic N) is 2. The second-order valence-electron chi connectivity index (χ2n) is 9.23. The van der Waals surface area contributed by atoms with Crippen LogP contribution in [0.5, 0.6) is 11.6 Å². The number of aryl methyl sites for hydroxylation is 1. The van der Waals surface area contributed by atoms with Crippen molar-refractivity contribution in [3.63, 3.8) is 0 Å². The van der Waals surface area contributed by atoms with Crippen LogP contribution in [0.4, 0.5) is 5.69 Å². The zero-order chi connectivity index (χ0) is 25.7. The van der Waals surface area contributed by atoms with Crippen LogP contribution in [0.15, 0.2) is 40.9 Å². The molecule has 0 N–H and O–H groups in total. The number of carbonyl (C=O) groups is 1. The molecule has 9 heteroatoms. The second kappa shape index (κ2) is 11.3. The summed E-state index contributed by atoms with van der Waals surface area (Å²) in [6.45, 7) is 3.93. The number of anilines is 1. The Kier molecular flexibility index (Phi) is 8.18. The maximum atomic E-state index is 14.1. The van der Waals surface area contributed by atoms with E-state index in [1.807, 2.05) is 18.2 Å². The molecule has 0 radical (unpaired) electrons. The molecule has 0 unspecified atom stereocenters. The van der Waals surface area contributed by atoms with Crippen LogP contribution in [0.25, 0.3) is 6.08 Å². The number of rotatable bonds is 8. The van der Waals surface area contributed by atoms with Crippen molar-refractivity contribution in [2.75, 3.05) is 24.6 Å². The molecule has 0 saturated heterocycles. The molecule has 4 rings (SSSR count). The minimum absolute atomic E-state index is 0.0138. The van der Waals surface area contributed by atoms with Gasteiger partial charge in [-0.3, -0.25) is 9.10 Å². The predicted molar refractivity (Wildman–Crippen MR) is 138 cm³/mol. The molecule has 0 amide bonds. The van der Waals surface area contributed by atoms with E-state index in [0.717, 1.165) is 18.4 Å². The van der Waals surface area contributed by atoms with Crippen LogP contribution >= 0.6 is 0 Å². The molecule has 0 spiro atoms. The highest BCUT2D eigenvalue weighted by atomic mass is 32.2. The highest BCUT2D eigenvalue weighted by molar-refractivity contribution is 7.93. The summed E-state index contributed by atoms with van der Waals surface area (Å²) >= 11 is 0. The number of pyridine rings is 1. The van der Waals surface area contributed by atoms with Gasteiger partial charge in [0.15, 0.2) is 0 Å². The van der Waals surface area contributed by atoms with E-state index in [-0.39, 0.29) is 36.3 Å². The highest BCUT2D eigenvalue weighted by Gasteiger charge is 2.37. The van der Waals surface area contributed by atoms with E-state index < -0.39 is 16.1 Å². The molecule has 1 aromatic carbocycles. The monoisotopic (exact) mass is 514 g/mol. The maximum Gasteiger partial charge on any atom is 0.305 e. The van der Waals surface area contributed by atoms with Gasteiger partial charge in [-0.25, -0.2) is 13.4 Å². The largest absolute Gasteiger partial charge is 0.486 e. The highest BCUT2D eigenvalue weighted by Crippen LogP contribution is 2.40. The zero-order valence-corrected chi connectivity index (χ0v) is 22.0. The van der Waals surface area contributed by atoms with Crippen molar-refractivity contribution in [3.8, 4) is 11.6 Å². The van der Waals surface area contributed by atoms with Gasteiger partial charge in [-0.05, 0) is 75.3 Å². The maximum absolute atomic E-state index is 14.1. The lowest BCUT2D eigenvalue weighted by Gasteiger charge is -2.36. The Bertz CT molecular complexity index is 1230. The van der Waals surface area contributed by atoms with Gasteiger partial charge < -0.3 is 14.2 Å². The second-order valence-corrected chi connectivity index (χ2v) is 11.1. The van der Waals surface area contributed by atoms with Gasteiger partial charge in [0.25, 0.3) is 10.0 Å². The molecule has 194 valence electrons. The van der Waals surface area contributed by atoms with Crippen molar-refractivity contribution in [1.29, 1.82) is 0 Å². The molecule has 1 atom stereocenters.